The number of hydrogen-bond donors (Lipinski definition) is 4. The van der Waals surface area contributed by atoms with Crippen LogP contribution in [0, 0.1) is 87.1 Å². The number of pyridine rings is 1. The van der Waals surface area contributed by atoms with E-state index in [1.807, 2.05) is 30.0 Å². The Kier molecular flexibility index (Phi) is 24.8. The SMILES string of the molecule is C/C=C(\C)CC(C)C.CCCC1(c2ccc[c-]n2)CC1CC.CCCCC1=CNCS1.Cc1ccc(C2=NNNN2)cc1C.[CH2-]c1ccc(C#N)cc1F.[U+2]. The average molecular weight is 992 g/mol. The molecule has 2 aromatic carbocycles. The van der Waals surface area contributed by atoms with Gasteiger partial charge in [0.15, 0.2) is 5.84 Å². The third-order valence-electron chi connectivity index (χ3n) is 9.51. The first-order valence-electron chi connectivity index (χ1n) is 19.4. The third kappa shape index (κ3) is 18.1. The van der Waals surface area contributed by atoms with Crippen molar-refractivity contribution in [2.75, 3.05) is 5.88 Å². The zero-order valence-electron chi connectivity index (χ0n) is 34.7. The number of benzene rings is 2. The number of allylic oxidation sites excluding steroid dienone is 3. The first-order valence-corrected chi connectivity index (χ1v) is 20.4. The fraction of sp³-hybridized carbons (Fsp3) is 0.467. The van der Waals surface area contributed by atoms with Crippen molar-refractivity contribution in [3.8, 4) is 6.07 Å². The van der Waals surface area contributed by atoms with Crippen LogP contribution in [0.4, 0.5) is 4.39 Å². The smallest absolute Gasteiger partial charge is 0.390 e. The molecule has 0 bridgehead atoms. The summed E-state index contributed by atoms with van der Waals surface area (Å²) in [4.78, 5) is 5.93. The van der Waals surface area contributed by atoms with Gasteiger partial charge in [0.1, 0.15) is 0 Å². The molecule has 0 amide bonds. The van der Waals surface area contributed by atoms with E-state index in [1.54, 1.807) is 0 Å². The molecule has 7 nitrogen and oxygen atoms in total. The molecule has 0 spiro atoms. The maximum Gasteiger partial charge on any atom is 2.00 e. The van der Waals surface area contributed by atoms with Gasteiger partial charge in [0.2, 0.25) is 0 Å². The number of aryl methyl sites for hydroxylation is 2. The first kappa shape index (κ1) is 49.8. The fourth-order valence-electron chi connectivity index (χ4n) is 6.14. The van der Waals surface area contributed by atoms with Gasteiger partial charge in [-0.15, -0.1) is 28.5 Å². The van der Waals surface area contributed by atoms with Crippen LogP contribution in [0.1, 0.15) is 133 Å². The maximum atomic E-state index is 12.6. The van der Waals surface area contributed by atoms with Crippen LogP contribution >= 0.6 is 11.8 Å². The molecule has 0 saturated heterocycles. The van der Waals surface area contributed by atoms with Crippen molar-refractivity contribution in [3.63, 3.8) is 0 Å². The van der Waals surface area contributed by atoms with E-state index in [2.05, 4.69) is 144 Å². The fourth-order valence-corrected chi connectivity index (χ4v) is 6.95. The Bertz CT molecular complexity index is 1690. The topological polar surface area (TPSA) is 97.2 Å². The Hall–Kier alpha value is -3.21. The van der Waals surface area contributed by atoms with Gasteiger partial charge >= 0.3 is 31.1 Å². The molecular formula is C45H64FN7SU. The number of hydrazone groups is 1. The summed E-state index contributed by atoms with van der Waals surface area (Å²) in [6.07, 6.45) is 17.6. The van der Waals surface area contributed by atoms with Crippen molar-refractivity contribution >= 4 is 17.6 Å². The van der Waals surface area contributed by atoms with Crippen LogP contribution in [0.3, 0.4) is 0 Å². The molecule has 1 aliphatic carbocycles. The minimum absolute atomic E-state index is 0. The summed E-state index contributed by atoms with van der Waals surface area (Å²) < 4.78 is 12.6. The number of hydrogen-bond acceptors (Lipinski definition) is 8. The molecule has 6 rings (SSSR count). The van der Waals surface area contributed by atoms with E-state index >= 15 is 0 Å². The standard InChI is InChI=1S/C13H18N.C9H12N4.C8H5FN.C8H16.C7H13NS.U/c1-3-8-13(10-11(13)4-2)12-7-5-6-9-14-12;1-6-3-4-8(5-7(6)2)9-10-12-13-11-9;1-6-2-3-7(5-10)4-8(6)9;1-5-8(4)6-7(2)3;1-2-3-4-7-5-8-6-9-7;/h5-7,11H,3-4,8,10H2,1-2H3;3-5,12-13H,1-2H3,(H,10,11);2-4H,1H2;5,7H,6H2,1-4H3;5,8H,2-4,6H2,1H3;/q-1;;-1;;;+2/b;;;8-5+;;. The van der Waals surface area contributed by atoms with E-state index < -0.39 is 5.82 Å². The molecule has 55 heavy (non-hydrogen) atoms. The summed E-state index contributed by atoms with van der Waals surface area (Å²) in [7, 11) is 0. The van der Waals surface area contributed by atoms with Crippen LogP contribution in [0.15, 0.2) is 82.5 Å². The van der Waals surface area contributed by atoms with Gasteiger partial charge in [-0.1, -0.05) is 102 Å². The molecule has 0 radical (unpaired) electrons. The van der Waals surface area contributed by atoms with E-state index in [0.717, 1.165) is 29.1 Å². The number of unbranched alkanes of at least 4 members (excludes halogenated alkanes) is 1. The van der Waals surface area contributed by atoms with Crippen LogP contribution in [0.5, 0.6) is 0 Å². The second-order valence-electron chi connectivity index (χ2n) is 14.3. The van der Waals surface area contributed by atoms with Gasteiger partial charge in [-0.25, -0.2) is 5.53 Å². The predicted octanol–water partition coefficient (Wildman–Crippen LogP) is 11.1. The number of amidine groups is 1. The maximum absolute atomic E-state index is 12.6. The monoisotopic (exact) mass is 992 g/mol. The third-order valence-corrected chi connectivity index (χ3v) is 10.5. The summed E-state index contributed by atoms with van der Waals surface area (Å²) in [5.41, 5.74) is 15.7. The molecular weight excluding hydrogens is 928 g/mol. The number of rotatable bonds is 10. The van der Waals surface area contributed by atoms with Crippen molar-refractivity contribution < 1.29 is 35.5 Å². The van der Waals surface area contributed by atoms with E-state index in [0.29, 0.717) is 16.5 Å². The number of nitriles is 1. The molecule has 2 aliphatic heterocycles. The number of nitrogens with zero attached hydrogens (tertiary/aromatic N) is 3. The Morgan fingerprint density at radius 2 is 1.89 bits per heavy atom. The van der Waals surface area contributed by atoms with Crippen LogP contribution in [0.2, 0.25) is 0 Å². The number of aromatic nitrogens is 1. The van der Waals surface area contributed by atoms with Crippen molar-refractivity contribution in [3.05, 3.63) is 130 Å². The normalized spacial score (nSPS) is 17.5. The largest absolute Gasteiger partial charge is 2.00 e. The number of halogens is 1. The quantitative estimate of drug-likeness (QED) is 0.119. The second kappa shape index (κ2) is 27.4. The predicted molar refractivity (Wildman–Crippen MR) is 228 cm³/mol. The Morgan fingerprint density at radius 1 is 1.13 bits per heavy atom. The molecule has 1 aromatic heterocycles. The first-order chi connectivity index (χ1) is 25.9. The van der Waals surface area contributed by atoms with Crippen molar-refractivity contribution in [2.24, 2.45) is 16.9 Å². The van der Waals surface area contributed by atoms with Crippen molar-refractivity contribution in [1.82, 2.24) is 26.8 Å². The van der Waals surface area contributed by atoms with Gasteiger partial charge < -0.3 is 10.3 Å². The molecule has 3 aromatic rings. The Balaban J connectivity index is 0.000000348. The summed E-state index contributed by atoms with van der Waals surface area (Å²) in [5.74, 6) is 3.15. The molecule has 296 valence electrons. The minimum Gasteiger partial charge on any atom is -0.390 e. The summed E-state index contributed by atoms with van der Waals surface area (Å²) in [6, 6.07) is 18.4. The van der Waals surface area contributed by atoms with E-state index in [-0.39, 0.29) is 31.1 Å². The molecule has 10 heteroatoms. The van der Waals surface area contributed by atoms with Gasteiger partial charge in [0, 0.05) is 28.0 Å². The molecule has 3 aliphatic rings. The molecule has 4 N–H and O–H groups in total. The average Bonchev–Trinajstić information content (AvgIpc) is 3.51. The zero-order valence-corrected chi connectivity index (χ0v) is 39.7. The van der Waals surface area contributed by atoms with Gasteiger partial charge in [-0.3, -0.25) is 9.82 Å². The summed E-state index contributed by atoms with van der Waals surface area (Å²) >= 11 is 1.93. The zero-order chi connectivity index (χ0) is 39.9. The Labute approximate surface area is 360 Å². The molecule has 1 fully saturated rings. The minimum atomic E-state index is -0.431. The molecule has 2 atom stereocenters. The molecule has 2 unspecified atom stereocenters. The van der Waals surface area contributed by atoms with E-state index in [4.69, 9.17) is 5.26 Å². The van der Waals surface area contributed by atoms with Gasteiger partial charge in [0.25, 0.3) is 0 Å². The van der Waals surface area contributed by atoms with Crippen LogP contribution in [0.25, 0.3) is 0 Å². The van der Waals surface area contributed by atoms with Crippen LogP contribution < -0.4 is 21.8 Å². The molecule has 1 saturated carbocycles. The van der Waals surface area contributed by atoms with Crippen molar-refractivity contribution in [2.45, 2.75) is 119 Å². The second-order valence-corrected chi connectivity index (χ2v) is 15.4. The van der Waals surface area contributed by atoms with Gasteiger partial charge in [-0.2, -0.15) is 42.0 Å². The number of nitrogens with one attached hydrogen (secondary N) is 4. The molecule has 3 heterocycles. The van der Waals surface area contributed by atoms with Gasteiger partial charge in [-0.05, 0) is 87.8 Å². The Morgan fingerprint density at radius 3 is 2.36 bits per heavy atom. The van der Waals surface area contributed by atoms with E-state index in [9.17, 15) is 4.39 Å². The summed E-state index contributed by atoms with van der Waals surface area (Å²) in [5, 5.41) is 15.5. The number of hydrazine groups is 2. The summed E-state index contributed by atoms with van der Waals surface area (Å²) in [6.45, 7) is 23.1. The van der Waals surface area contributed by atoms with E-state index in [1.165, 1.54) is 96.9 Å². The van der Waals surface area contributed by atoms with Crippen LogP contribution in [-0.2, 0) is 5.41 Å². The number of thioether (sulfide) groups is 1. The van der Waals surface area contributed by atoms with Crippen molar-refractivity contribution in [1.29, 1.82) is 5.26 Å². The van der Waals surface area contributed by atoms with Crippen LogP contribution in [-0.4, -0.2) is 16.7 Å². The van der Waals surface area contributed by atoms with Gasteiger partial charge in [0.05, 0.1) is 11.9 Å².